The number of ether oxygens (including phenoxy) is 1. The van der Waals surface area contributed by atoms with Crippen molar-refractivity contribution in [3.63, 3.8) is 0 Å². The van der Waals surface area contributed by atoms with Gasteiger partial charge in [-0.2, -0.15) is 4.98 Å². The van der Waals surface area contributed by atoms with E-state index in [-0.39, 0.29) is 48.0 Å². The smallest absolute Gasteiger partial charge is 0.406 e. The molecule has 1 fully saturated rings. The summed E-state index contributed by atoms with van der Waals surface area (Å²) in [6.07, 6.45) is -3.57. The van der Waals surface area contributed by atoms with Gasteiger partial charge < -0.3 is 19.9 Å². The third kappa shape index (κ3) is 7.28. The number of alkyl halides is 3. The van der Waals surface area contributed by atoms with E-state index in [1.165, 1.54) is 18.2 Å². The highest BCUT2D eigenvalue weighted by Crippen LogP contribution is 2.47. The van der Waals surface area contributed by atoms with Crippen LogP contribution in [-0.4, -0.2) is 51.8 Å². The molecule has 0 radical (unpaired) electrons. The van der Waals surface area contributed by atoms with E-state index < -0.39 is 6.36 Å². The van der Waals surface area contributed by atoms with Gasteiger partial charge in [0.25, 0.3) is 0 Å². The molecule has 0 bridgehead atoms. The normalized spacial score (nSPS) is 18.7. The van der Waals surface area contributed by atoms with Crippen LogP contribution in [0.4, 0.5) is 13.2 Å². The second-order valence-corrected chi connectivity index (χ2v) is 11.9. The molecule has 42 heavy (non-hydrogen) atoms. The van der Waals surface area contributed by atoms with Crippen molar-refractivity contribution in [3.8, 4) is 16.9 Å². The van der Waals surface area contributed by atoms with Crippen LogP contribution in [0.1, 0.15) is 61.5 Å². The van der Waals surface area contributed by atoms with Crippen molar-refractivity contribution in [2.75, 3.05) is 13.1 Å². The quantitative estimate of drug-likeness (QED) is 0.397. The van der Waals surface area contributed by atoms with Gasteiger partial charge in [-0.15, -0.1) is 13.2 Å². The van der Waals surface area contributed by atoms with Crippen molar-refractivity contribution in [2.45, 2.75) is 71.4 Å². The maximum absolute atomic E-state index is 12.9. The van der Waals surface area contributed by atoms with Gasteiger partial charge in [-0.1, -0.05) is 29.4 Å². The molecule has 2 N–H and O–H groups in total. The molecular formula is C30H34F3N5O4. The molecule has 2 atom stereocenters. The van der Waals surface area contributed by atoms with E-state index in [9.17, 15) is 22.8 Å². The Bertz CT molecular complexity index is 1480. The molecule has 1 aromatic heterocycles. The Morgan fingerprint density at radius 2 is 1.93 bits per heavy atom. The summed E-state index contributed by atoms with van der Waals surface area (Å²) in [4.78, 5) is 31.9. The van der Waals surface area contributed by atoms with E-state index in [4.69, 9.17) is 4.52 Å². The van der Waals surface area contributed by atoms with Gasteiger partial charge in [-0.05, 0) is 80.5 Å². The average Bonchev–Trinajstić information content (AvgIpc) is 3.57. The molecule has 224 valence electrons. The number of aryl methyl sites for hydroxylation is 1. The van der Waals surface area contributed by atoms with E-state index in [2.05, 4.69) is 25.5 Å². The van der Waals surface area contributed by atoms with Crippen LogP contribution in [0, 0.1) is 12.8 Å². The molecule has 2 aliphatic rings. The van der Waals surface area contributed by atoms with Gasteiger partial charge in [0.2, 0.25) is 17.7 Å². The van der Waals surface area contributed by atoms with Gasteiger partial charge in [0.05, 0.1) is 18.4 Å². The summed E-state index contributed by atoms with van der Waals surface area (Å²) in [7, 11) is 0. The molecule has 1 aliphatic carbocycles. The summed E-state index contributed by atoms with van der Waals surface area (Å²) in [5.74, 6) is 0.165. The van der Waals surface area contributed by atoms with Crippen LogP contribution in [0.3, 0.4) is 0 Å². The first-order valence-electron chi connectivity index (χ1n) is 13.9. The topological polar surface area (TPSA) is 110 Å². The van der Waals surface area contributed by atoms with Crippen molar-refractivity contribution in [2.24, 2.45) is 5.92 Å². The molecule has 3 aromatic rings. The molecule has 2 amide bonds. The monoisotopic (exact) mass is 585 g/mol. The maximum atomic E-state index is 12.9. The van der Waals surface area contributed by atoms with Crippen molar-refractivity contribution in [3.05, 3.63) is 64.8 Å². The number of carbonyl (C=O) groups is 2. The average molecular weight is 586 g/mol. The number of fused-ring (bicyclic) bond motifs is 1. The van der Waals surface area contributed by atoms with Crippen LogP contribution in [0.2, 0.25) is 0 Å². The predicted molar refractivity (Wildman–Crippen MR) is 147 cm³/mol. The van der Waals surface area contributed by atoms with Gasteiger partial charge in [-0.3, -0.25) is 14.5 Å². The second-order valence-electron chi connectivity index (χ2n) is 11.9. The Hall–Kier alpha value is -3.93. The van der Waals surface area contributed by atoms with Crippen molar-refractivity contribution in [1.29, 1.82) is 0 Å². The number of rotatable bonds is 8. The number of nitrogens with one attached hydrogen (secondary N) is 2. The molecular weight excluding hydrogens is 551 g/mol. The van der Waals surface area contributed by atoms with Crippen LogP contribution in [0.25, 0.3) is 11.1 Å². The Labute approximate surface area is 241 Å². The Balaban J connectivity index is 1.37. The molecule has 1 aliphatic heterocycles. The third-order valence-electron chi connectivity index (χ3n) is 7.29. The Morgan fingerprint density at radius 1 is 1.14 bits per heavy atom. The lowest BCUT2D eigenvalue weighted by atomic mass is 9.87. The number of carbonyl (C=O) groups excluding carboxylic acids is 2. The SMILES string of the molecule is Cc1noc([C@H]2C[C@@H]2C(=O)NCc2ccc(-c3cccc(OC(F)(F)F)c3)c3c2CN(CC(=O)NC(C)(C)C)CC3)n1. The van der Waals surface area contributed by atoms with E-state index in [0.29, 0.717) is 43.2 Å². The van der Waals surface area contributed by atoms with Gasteiger partial charge >= 0.3 is 6.36 Å². The van der Waals surface area contributed by atoms with Crippen molar-refractivity contribution < 1.29 is 32.0 Å². The summed E-state index contributed by atoms with van der Waals surface area (Å²) in [5.41, 5.74) is 3.83. The van der Waals surface area contributed by atoms with Gasteiger partial charge in [-0.25, -0.2) is 0 Å². The molecule has 12 heteroatoms. The highest BCUT2D eigenvalue weighted by Gasteiger charge is 2.47. The lowest BCUT2D eigenvalue weighted by Crippen LogP contribution is -2.47. The highest BCUT2D eigenvalue weighted by atomic mass is 19.4. The zero-order valence-electron chi connectivity index (χ0n) is 24.0. The largest absolute Gasteiger partial charge is 0.573 e. The standard InChI is InChI=1S/C30H34F3N5O4/c1-17-35-28(42-37-17)24-13-23(24)27(40)34-14-19-8-9-21(18-6-5-7-20(12-18)41-30(31,32)33)22-10-11-38(15-25(19)22)16-26(39)36-29(2,3)4/h5-9,12,23-24H,10-11,13-16H2,1-4H3,(H,34,40)(H,36,39)/t23-,24-/m0/s1. The van der Waals surface area contributed by atoms with E-state index >= 15 is 0 Å². The van der Waals surface area contributed by atoms with Gasteiger partial charge in [0.1, 0.15) is 5.75 Å². The fraction of sp³-hybridized carbons (Fsp3) is 0.467. The number of halogens is 3. The summed E-state index contributed by atoms with van der Waals surface area (Å²) in [6, 6.07) is 9.67. The summed E-state index contributed by atoms with van der Waals surface area (Å²) in [6.45, 7) is 9.02. The van der Waals surface area contributed by atoms with Crippen LogP contribution < -0.4 is 15.4 Å². The number of nitrogens with zero attached hydrogens (tertiary/aromatic N) is 3. The number of aromatic nitrogens is 2. The minimum atomic E-state index is -4.79. The molecule has 2 aromatic carbocycles. The lowest BCUT2D eigenvalue weighted by molar-refractivity contribution is -0.274. The number of hydrogen-bond donors (Lipinski definition) is 2. The first-order chi connectivity index (χ1) is 19.8. The van der Waals surface area contributed by atoms with E-state index in [1.54, 1.807) is 13.0 Å². The minimum absolute atomic E-state index is 0.0921. The molecule has 0 unspecified atom stereocenters. The highest BCUT2D eigenvalue weighted by molar-refractivity contribution is 5.82. The van der Waals surface area contributed by atoms with Gasteiger partial charge in [0, 0.05) is 25.2 Å². The first kappa shape index (κ1) is 29.6. The number of benzene rings is 2. The number of amides is 2. The molecule has 0 spiro atoms. The van der Waals surface area contributed by atoms with Gasteiger partial charge in [0.15, 0.2) is 5.82 Å². The zero-order valence-corrected chi connectivity index (χ0v) is 24.0. The fourth-order valence-electron chi connectivity index (χ4n) is 5.42. The third-order valence-corrected chi connectivity index (χ3v) is 7.29. The predicted octanol–water partition coefficient (Wildman–Crippen LogP) is 4.64. The lowest BCUT2D eigenvalue weighted by Gasteiger charge is -2.32. The molecule has 1 saturated carbocycles. The minimum Gasteiger partial charge on any atom is -0.406 e. The fourth-order valence-corrected chi connectivity index (χ4v) is 5.42. The van der Waals surface area contributed by atoms with E-state index in [1.807, 2.05) is 37.8 Å². The molecule has 0 saturated heterocycles. The molecule has 5 rings (SSSR count). The summed E-state index contributed by atoms with van der Waals surface area (Å²) in [5, 5.41) is 9.81. The van der Waals surface area contributed by atoms with Crippen LogP contribution in [0.15, 0.2) is 40.9 Å². The van der Waals surface area contributed by atoms with Crippen molar-refractivity contribution in [1.82, 2.24) is 25.7 Å². The Morgan fingerprint density at radius 3 is 2.62 bits per heavy atom. The molecule has 2 heterocycles. The maximum Gasteiger partial charge on any atom is 0.573 e. The second kappa shape index (κ2) is 11.4. The summed E-state index contributed by atoms with van der Waals surface area (Å²) >= 11 is 0. The molecule has 9 nitrogen and oxygen atoms in total. The van der Waals surface area contributed by atoms with Crippen molar-refractivity contribution >= 4 is 11.8 Å². The van der Waals surface area contributed by atoms with Crippen LogP contribution >= 0.6 is 0 Å². The Kier molecular flexibility index (Phi) is 8.02. The summed E-state index contributed by atoms with van der Waals surface area (Å²) < 4.78 is 48.0. The number of hydrogen-bond acceptors (Lipinski definition) is 7. The van der Waals surface area contributed by atoms with Crippen LogP contribution in [-0.2, 0) is 29.1 Å². The van der Waals surface area contributed by atoms with Crippen LogP contribution in [0.5, 0.6) is 5.75 Å². The zero-order chi connectivity index (χ0) is 30.2. The van der Waals surface area contributed by atoms with E-state index in [0.717, 1.165) is 22.3 Å². The first-order valence-corrected chi connectivity index (χ1v) is 13.9.